The molecule has 1 amide bonds. The third-order valence-corrected chi connectivity index (χ3v) is 2.33. The number of aromatic nitrogens is 3. The molecule has 2 aromatic rings. The highest BCUT2D eigenvalue weighted by Crippen LogP contribution is 2.18. The van der Waals surface area contributed by atoms with Crippen molar-refractivity contribution in [2.24, 2.45) is 0 Å². The molecule has 0 aliphatic carbocycles. The highest BCUT2D eigenvalue weighted by Gasteiger charge is 2.14. The van der Waals surface area contributed by atoms with E-state index in [9.17, 15) is 4.79 Å². The van der Waals surface area contributed by atoms with Crippen LogP contribution in [0, 0.1) is 11.3 Å². The Labute approximate surface area is 104 Å². The van der Waals surface area contributed by atoms with Crippen molar-refractivity contribution < 1.29 is 4.79 Å². The summed E-state index contributed by atoms with van der Waals surface area (Å²) >= 11 is 0. The van der Waals surface area contributed by atoms with E-state index in [1.54, 1.807) is 25.3 Å². The van der Waals surface area contributed by atoms with Crippen LogP contribution in [0.2, 0.25) is 0 Å². The number of nitriles is 1. The van der Waals surface area contributed by atoms with Crippen LogP contribution in [-0.2, 0) is 4.79 Å². The normalized spacial score (nSPS) is 9.78. The van der Waals surface area contributed by atoms with Crippen LogP contribution in [0.25, 0.3) is 5.82 Å². The number of carbonyl (C=O) groups excluding carboxylic acids is 1. The Morgan fingerprint density at radius 2 is 2.39 bits per heavy atom. The smallest absolute Gasteiger partial charge is 0.225 e. The van der Waals surface area contributed by atoms with E-state index < -0.39 is 0 Å². The fourth-order valence-corrected chi connectivity index (χ4v) is 1.42. The van der Waals surface area contributed by atoms with E-state index in [-0.39, 0.29) is 5.91 Å². The molecule has 0 aliphatic rings. The van der Waals surface area contributed by atoms with Crippen LogP contribution in [0.5, 0.6) is 0 Å². The van der Waals surface area contributed by atoms with Gasteiger partial charge < -0.3 is 5.32 Å². The molecule has 0 saturated heterocycles. The standard InChI is InChI=1S/C12H11N5O/c1-2-11(18)16-12-9(7-13)8-15-17(12)10-5-3-4-6-14-10/h3-6,8H,2H2,1H3,(H,16,18). The van der Waals surface area contributed by atoms with E-state index in [2.05, 4.69) is 15.4 Å². The molecule has 2 heterocycles. The first kappa shape index (κ1) is 11.8. The maximum Gasteiger partial charge on any atom is 0.225 e. The molecule has 1 N–H and O–H groups in total. The van der Waals surface area contributed by atoms with Gasteiger partial charge in [-0.25, -0.2) is 4.98 Å². The molecule has 2 rings (SSSR count). The molecule has 0 bridgehead atoms. The quantitative estimate of drug-likeness (QED) is 0.882. The van der Waals surface area contributed by atoms with E-state index in [4.69, 9.17) is 5.26 Å². The Morgan fingerprint density at radius 1 is 1.56 bits per heavy atom. The van der Waals surface area contributed by atoms with E-state index in [0.29, 0.717) is 23.6 Å². The van der Waals surface area contributed by atoms with Gasteiger partial charge >= 0.3 is 0 Å². The number of pyridine rings is 1. The molecule has 0 aliphatic heterocycles. The third-order valence-electron chi connectivity index (χ3n) is 2.33. The number of nitrogens with one attached hydrogen (secondary N) is 1. The summed E-state index contributed by atoms with van der Waals surface area (Å²) in [5, 5.41) is 15.7. The first-order valence-corrected chi connectivity index (χ1v) is 5.45. The van der Waals surface area contributed by atoms with Gasteiger partial charge in [-0.2, -0.15) is 15.0 Å². The molecule has 90 valence electrons. The summed E-state index contributed by atoms with van der Waals surface area (Å²) in [7, 11) is 0. The third kappa shape index (κ3) is 2.20. The lowest BCUT2D eigenvalue weighted by atomic mass is 10.3. The molecular weight excluding hydrogens is 230 g/mol. The number of anilines is 1. The van der Waals surface area contributed by atoms with E-state index in [1.807, 2.05) is 12.1 Å². The molecule has 0 radical (unpaired) electrons. The second kappa shape index (κ2) is 5.10. The lowest BCUT2D eigenvalue weighted by Gasteiger charge is -2.07. The van der Waals surface area contributed by atoms with Crippen LogP contribution in [0.1, 0.15) is 18.9 Å². The number of amides is 1. The van der Waals surface area contributed by atoms with Gasteiger partial charge in [0.15, 0.2) is 11.6 Å². The van der Waals surface area contributed by atoms with Crippen molar-refractivity contribution in [1.82, 2.24) is 14.8 Å². The molecule has 0 fully saturated rings. The Bertz CT molecular complexity index is 597. The highest BCUT2D eigenvalue weighted by atomic mass is 16.1. The zero-order chi connectivity index (χ0) is 13.0. The molecule has 0 aromatic carbocycles. The van der Waals surface area contributed by atoms with Crippen molar-refractivity contribution in [2.75, 3.05) is 5.32 Å². The van der Waals surface area contributed by atoms with Crippen molar-refractivity contribution in [3.8, 4) is 11.9 Å². The van der Waals surface area contributed by atoms with Crippen LogP contribution < -0.4 is 5.32 Å². The van der Waals surface area contributed by atoms with Crippen molar-refractivity contribution in [3.05, 3.63) is 36.2 Å². The summed E-state index contributed by atoms with van der Waals surface area (Å²) in [6.45, 7) is 1.74. The Hall–Kier alpha value is -2.68. The molecule has 0 spiro atoms. The predicted octanol–water partition coefficient (Wildman–Crippen LogP) is 1.49. The van der Waals surface area contributed by atoms with Gasteiger partial charge in [0.1, 0.15) is 11.6 Å². The maximum atomic E-state index is 11.4. The molecule has 18 heavy (non-hydrogen) atoms. The highest BCUT2D eigenvalue weighted by molar-refractivity contribution is 5.91. The second-order valence-electron chi connectivity index (χ2n) is 3.52. The monoisotopic (exact) mass is 241 g/mol. The minimum absolute atomic E-state index is 0.177. The zero-order valence-electron chi connectivity index (χ0n) is 9.79. The Kier molecular flexibility index (Phi) is 3.34. The summed E-state index contributed by atoms with van der Waals surface area (Å²) in [6, 6.07) is 7.32. The van der Waals surface area contributed by atoms with Crippen molar-refractivity contribution in [2.45, 2.75) is 13.3 Å². The number of rotatable bonds is 3. The minimum Gasteiger partial charge on any atom is -0.309 e. The van der Waals surface area contributed by atoms with Crippen LogP contribution in [0.4, 0.5) is 5.82 Å². The van der Waals surface area contributed by atoms with Crippen molar-refractivity contribution >= 4 is 11.7 Å². The van der Waals surface area contributed by atoms with Crippen LogP contribution in [-0.4, -0.2) is 20.7 Å². The molecule has 0 atom stereocenters. The molecule has 6 heteroatoms. The van der Waals surface area contributed by atoms with Gasteiger partial charge in [0.2, 0.25) is 5.91 Å². The summed E-state index contributed by atoms with van der Waals surface area (Å²) in [5.41, 5.74) is 0.308. The Morgan fingerprint density at radius 3 is 3.00 bits per heavy atom. The second-order valence-corrected chi connectivity index (χ2v) is 3.52. The SMILES string of the molecule is CCC(=O)Nc1c(C#N)cnn1-c1ccccn1. The minimum atomic E-state index is -0.177. The average Bonchev–Trinajstić information content (AvgIpc) is 2.82. The van der Waals surface area contributed by atoms with Crippen LogP contribution in [0.15, 0.2) is 30.6 Å². The van der Waals surface area contributed by atoms with E-state index in [1.165, 1.54) is 10.9 Å². The summed E-state index contributed by atoms with van der Waals surface area (Å²) in [6.07, 6.45) is 3.35. The van der Waals surface area contributed by atoms with Gasteiger partial charge in [-0.05, 0) is 12.1 Å². The van der Waals surface area contributed by atoms with Gasteiger partial charge in [-0.3, -0.25) is 4.79 Å². The van der Waals surface area contributed by atoms with Gasteiger partial charge in [0, 0.05) is 12.6 Å². The Balaban J connectivity index is 2.46. The van der Waals surface area contributed by atoms with E-state index >= 15 is 0 Å². The van der Waals surface area contributed by atoms with Crippen molar-refractivity contribution in [1.29, 1.82) is 5.26 Å². The average molecular weight is 241 g/mol. The first-order chi connectivity index (χ1) is 8.76. The number of nitrogens with zero attached hydrogens (tertiary/aromatic N) is 4. The number of hydrogen-bond donors (Lipinski definition) is 1. The maximum absolute atomic E-state index is 11.4. The van der Waals surface area contributed by atoms with Crippen LogP contribution in [0.3, 0.4) is 0 Å². The van der Waals surface area contributed by atoms with Gasteiger partial charge in [-0.15, -0.1) is 0 Å². The largest absolute Gasteiger partial charge is 0.309 e. The van der Waals surface area contributed by atoms with Crippen molar-refractivity contribution in [3.63, 3.8) is 0 Å². The summed E-state index contributed by atoms with van der Waals surface area (Å²) in [4.78, 5) is 15.6. The zero-order valence-corrected chi connectivity index (χ0v) is 9.79. The van der Waals surface area contributed by atoms with Gasteiger partial charge in [-0.1, -0.05) is 13.0 Å². The molecule has 2 aromatic heterocycles. The van der Waals surface area contributed by atoms with Gasteiger partial charge in [0.25, 0.3) is 0 Å². The first-order valence-electron chi connectivity index (χ1n) is 5.45. The van der Waals surface area contributed by atoms with E-state index in [0.717, 1.165) is 0 Å². The predicted molar refractivity (Wildman–Crippen MR) is 65.0 cm³/mol. The lowest BCUT2D eigenvalue weighted by Crippen LogP contribution is -2.14. The summed E-state index contributed by atoms with van der Waals surface area (Å²) in [5.74, 6) is 0.720. The fourth-order valence-electron chi connectivity index (χ4n) is 1.42. The lowest BCUT2D eigenvalue weighted by molar-refractivity contribution is -0.115. The summed E-state index contributed by atoms with van der Waals surface area (Å²) < 4.78 is 1.44. The topological polar surface area (TPSA) is 83.6 Å². The fraction of sp³-hybridized carbons (Fsp3) is 0.167. The van der Waals surface area contributed by atoms with Crippen LogP contribution >= 0.6 is 0 Å². The molecule has 0 saturated carbocycles. The number of carbonyl (C=O) groups is 1. The van der Waals surface area contributed by atoms with Gasteiger partial charge in [0.05, 0.1) is 6.20 Å². The molecule has 6 nitrogen and oxygen atoms in total. The number of hydrogen-bond acceptors (Lipinski definition) is 4. The molecular formula is C12H11N5O. The molecule has 0 unspecified atom stereocenters.